The van der Waals surface area contributed by atoms with E-state index >= 15 is 0 Å². The van der Waals surface area contributed by atoms with Gasteiger partial charge >= 0.3 is 0 Å². The zero-order valence-electron chi connectivity index (χ0n) is 10.7. The van der Waals surface area contributed by atoms with E-state index in [1.165, 1.54) is 17.2 Å². The number of rotatable bonds is 4. The molecule has 2 aromatic rings. The van der Waals surface area contributed by atoms with Gasteiger partial charge < -0.3 is 9.32 Å². The van der Waals surface area contributed by atoms with Crippen LogP contribution in [0.1, 0.15) is 22.8 Å². The fourth-order valence-electron chi connectivity index (χ4n) is 1.80. The lowest BCUT2D eigenvalue weighted by atomic mass is 10.2. The molecule has 0 spiro atoms. The van der Waals surface area contributed by atoms with E-state index < -0.39 is 11.6 Å². The Bertz CT molecular complexity index is 627. The molecule has 0 aliphatic heterocycles. The minimum absolute atomic E-state index is 0.199. The van der Waals surface area contributed by atoms with Crippen LogP contribution >= 0.6 is 15.9 Å². The molecule has 0 N–H and O–H groups in total. The molecule has 0 atom stereocenters. The normalized spacial score (nSPS) is 10.6. The van der Waals surface area contributed by atoms with E-state index in [0.717, 1.165) is 12.1 Å². The van der Waals surface area contributed by atoms with E-state index in [0.29, 0.717) is 22.3 Å². The van der Waals surface area contributed by atoms with Crippen molar-refractivity contribution in [3.8, 4) is 0 Å². The Morgan fingerprint density at radius 3 is 2.60 bits per heavy atom. The second-order valence-corrected chi connectivity index (χ2v) is 4.90. The number of halogens is 3. The molecule has 0 saturated carbocycles. The van der Waals surface area contributed by atoms with Crippen molar-refractivity contribution < 1.29 is 18.0 Å². The van der Waals surface area contributed by atoms with Gasteiger partial charge in [0, 0.05) is 13.1 Å². The summed E-state index contributed by atoms with van der Waals surface area (Å²) < 4.78 is 31.4. The van der Waals surface area contributed by atoms with Crippen LogP contribution in [-0.2, 0) is 6.54 Å². The number of hydrogen-bond donors (Lipinski definition) is 0. The fraction of sp³-hybridized carbons (Fsp3) is 0.214. The van der Waals surface area contributed by atoms with E-state index in [1.807, 2.05) is 6.92 Å². The van der Waals surface area contributed by atoms with Crippen molar-refractivity contribution in [3.63, 3.8) is 0 Å². The first-order chi connectivity index (χ1) is 9.52. The van der Waals surface area contributed by atoms with Gasteiger partial charge in [0.25, 0.3) is 5.91 Å². The number of amides is 1. The van der Waals surface area contributed by atoms with Gasteiger partial charge in [-0.2, -0.15) is 0 Å². The second kappa shape index (κ2) is 6.17. The molecule has 6 heteroatoms. The Hall–Kier alpha value is -1.69. The van der Waals surface area contributed by atoms with Crippen LogP contribution in [0.25, 0.3) is 0 Å². The zero-order valence-corrected chi connectivity index (χ0v) is 12.3. The monoisotopic (exact) mass is 343 g/mol. The minimum atomic E-state index is -0.921. The summed E-state index contributed by atoms with van der Waals surface area (Å²) in [4.78, 5) is 13.8. The summed E-state index contributed by atoms with van der Waals surface area (Å²) in [5.74, 6) is -2.06. The van der Waals surface area contributed by atoms with Crippen LogP contribution in [0.15, 0.2) is 39.6 Å². The molecule has 3 nitrogen and oxygen atoms in total. The maximum Gasteiger partial charge on any atom is 0.258 e. The Morgan fingerprint density at radius 1 is 1.30 bits per heavy atom. The standard InChI is InChI=1S/C14H12BrF2NO2/c1-2-18(14(19)10-5-6-20-13(10)15)8-9-3-4-11(16)12(17)7-9/h3-7H,2,8H2,1H3. The van der Waals surface area contributed by atoms with Crippen molar-refractivity contribution in [2.24, 2.45) is 0 Å². The second-order valence-electron chi connectivity index (χ2n) is 4.18. The largest absolute Gasteiger partial charge is 0.457 e. The lowest BCUT2D eigenvalue weighted by molar-refractivity contribution is 0.0750. The third kappa shape index (κ3) is 3.07. The molecule has 106 valence electrons. The van der Waals surface area contributed by atoms with Gasteiger partial charge in [0.05, 0.1) is 11.8 Å². The summed E-state index contributed by atoms with van der Waals surface area (Å²) in [7, 11) is 0. The van der Waals surface area contributed by atoms with Crippen LogP contribution in [0.5, 0.6) is 0 Å². The van der Waals surface area contributed by atoms with Gasteiger partial charge in [-0.15, -0.1) is 0 Å². The van der Waals surface area contributed by atoms with Gasteiger partial charge in [0.1, 0.15) is 0 Å². The molecule has 0 radical (unpaired) electrons. The topological polar surface area (TPSA) is 33.5 Å². The van der Waals surface area contributed by atoms with Gasteiger partial charge in [0.2, 0.25) is 0 Å². The zero-order chi connectivity index (χ0) is 14.7. The minimum Gasteiger partial charge on any atom is -0.457 e. The van der Waals surface area contributed by atoms with E-state index in [4.69, 9.17) is 4.42 Å². The summed E-state index contributed by atoms with van der Waals surface area (Å²) in [5.41, 5.74) is 0.924. The van der Waals surface area contributed by atoms with Crippen LogP contribution in [-0.4, -0.2) is 17.4 Å². The first-order valence-corrected chi connectivity index (χ1v) is 6.78. The van der Waals surface area contributed by atoms with E-state index in [-0.39, 0.29) is 12.5 Å². The Labute approximate surface area is 123 Å². The number of furan rings is 1. The van der Waals surface area contributed by atoms with Crippen LogP contribution in [0, 0.1) is 11.6 Å². The summed E-state index contributed by atoms with van der Waals surface area (Å²) in [6.07, 6.45) is 1.41. The van der Waals surface area contributed by atoms with Crippen LogP contribution < -0.4 is 0 Å². The molecular formula is C14H12BrF2NO2. The molecule has 20 heavy (non-hydrogen) atoms. The van der Waals surface area contributed by atoms with Crippen molar-refractivity contribution in [2.45, 2.75) is 13.5 Å². The molecule has 0 aliphatic carbocycles. The lowest BCUT2D eigenvalue weighted by Gasteiger charge is -2.20. The predicted octanol–water partition coefficient (Wildman–Crippen LogP) is 3.98. The Balaban J connectivity index is 2.18. The SMILES string of the molecule is CCN(Cc1ccc(F)c(F)c1)C(=O)c1ccoc1Br. The quantitative estimate of drug-likeness (QED) is 0.841. The van der Waals surface area contributed by atoms with Gasteiger partial charge in [-0.1, -0.05) is 6.07 Å². The molecule has 0 aliphatic rings. The highest BCUT2D eigenvalue weighted by Gasteiger charge is 2.19. The summed E-state index contributed by atoms with van der Waals surface area (Å²) in [6, 6.07) is 5.16. The highest BCUT2D eigenvalue weighted by atomic mass is 79.9. The molecular weight excluding hydrogens is 332 g/mol. The Kier molecular flexibility index (Phi) is 4.54. The van der Waals surface area contributed by atoms with E-state index in [1.54, 1.807) is 6.07 Å². The van der Waals surface area contributed by atoms with Crippen molar-refractivity contribution in [3.05, 3.63) is 58.0 Å². The van der Waals surface area contributed by atoms with Crippen LogP contribution in [0.3, 0.4) is 0 Å². The summed E-state index contributed by atoms with van der Waals surface area (Å²) >= 11 is 3.15. The van der Waals surface area contributed by atoms with Crippen molar-refractivity contribution in [1.29, 1.82) is 0 Å². The smallest absolute Gasteiger partial charge is 0.258 e. The molecule has 0 fully saturated rings. The van der Waals surface area contributed by atoms with Crippen LogP contribution in [0.2, 0.25) is 0 Å². The van der Waals surface area contributed by atoms with Crippen molar-refractivity contribution >= 4 is 21.8 Å². The molecule has 0 saturated heterocycles. The summed E-state index contributed by atoms with van der Waals surface area (Å²) in [6.45, 7) is 2.45. The third-order valence-corrected chi connectivity index (χ3v) is 3.49. The molecule has 1 aromatic heterocycles. The highest BCUT2D eigenvalue weighted by molar-refractivity contribution is 9.10. The van der Waals surface area contributed by atoms with E-state index in [2.05, 4.69) is 15.9 Å². The lowest BCUT2D eigenvalue weighted by Crippen LogP contribution is -2.30. The molecule has 0 bridgehead atoms. The van der Waals surface area contributed by atoms with Crippen molar-refractivity contribution in [1.82, 2.24) is 4.90 Å². The van der Waals surface area contributed by atoms with Gasteiger partial charge in [0.15, 0.2) is 16.3 Å². The first-order valence-electron chi connectivity index (χ1n) is 5.99. The van der Waals surface area contributed by atoms with Crippen molar-refractivity contribution in [2.75, 3.05) is 6.54 Å². The van der Waals surface area contributed by atoms with Gasteiger partial charge in [-0.25, -0.2) is 8.78 Å². The fourth-order valence-corrected chi connectivity index (χ4v) is 2.21. The van der Waals surface area contributed by atoms with Gasteiger partial charge in [-0.05, 0) is 46.6 Å². The maximum atomic E-state index is 13.2. The number of nitrogens with zero attached hydrogens (tertiary/aromatic N) is 1. The number of carbonyl (C=O) groups excluding carboxylic acids is 1. The summed E-state index contributed by atoms with van der Waals surface area (Å²) in [5, 5.41) is 0. The molecule has 1 amide bonds. The highest BCUT2D eigenvalue weighted by Crippen LogP contribution is 2.20. The van der Waals surface area contributed by atoms with Crippen LogP contribution in [0.4, 0.5) is 8.78 Å². The predicted molar refractivity (Wildman–Crippen MR) is 73.2 cm³/mol. The third-order valence-electron chi connectivity index (χ3n) is 2.87. The molecule has 0 unspecified atom stereocenters. The molecule has 1 heterocycles. The maximum absolute atomic E-state index is 13.2. The number of carbonyl (C=O) groups is 1. The molecule has 1 aromatic carbocycles. The average Bonchev–Trinajstić information content (AvgIpc) is 2.85. The molecule has 2 rings (SSSR count). The number of hydrogen-bond acceptors (Lipinski definition) is 2. The Morgan fingerprint density at radius 2 is 2.05 bits per heavy atom. The first kappa shape index (κ1) is 14.7. The van der Waals surface area contributed by atoms with Gasteiger partial charge in [-0.3, -0.25) is 4.79 Å². The number of benzene rings is 1. The van der Waals surface area contributed by atoms with E-state index in [9.17, 15) is 13.6 Å². The average molecular weight is 344 g/mol.